The van der Waals surface area contributed by atoms with E-state index in [-0.39, 0.29) is 18.2 Å². The van der Waals surface area contributed by atoms with Gasteiger partial charge in [-0.2, -0.15) is 0 Å². The molecule has 5 nitrogen and oxygen atoms in total. The Morgan fingerprint density at radius 2 is 1.81 bits per heavy atom. The van der Waals surface area contributed by atoms with Crippen LogP contribution >= 0.6 is 0 Å². The number of hydrogen-bond acceptors (Lipinski definition) is 4. The van der Waals surface area contributed by atoms with Crippen molar-refractivity contribution < 1.29 is 9.53 Å². The lowest BCUT2D eigenvalue weighted by atomic mass is 10.1. The molecule has 2 rings (SSSR count). The number of amides is 1. The predicted octanol–water partition coefficient (Wildman–Crippen LogP) is 2.92. The fourth-order valence-electron chi connectivity index (χ4n) is 2.60. The van der Waals surface area contributed by atoms with Crippen LogP contribution in [0, 0.1) is 0 Å². The molecule has 1 fully saturated rings. The summed E-state index contributed by atoms with van der Waals surface area (Å²) in [5.74, 6) is 0. The number of rotatable bonds is 1. The van der Waals surface area contributed by atoms with Crippen LogP contribution in [0.15, 0.2) is 24.5 Å². The fraction of sp³-hybridized carbons (Fsp3) is 0.625. The van der Waals surface area contributed by atoms with Crippen LogP contribution in [0.5, 0.6) is 0 Å². The molecule has 1 aliphatic rings. The maximum Gasteiger partial charge on any atom is 0.410 e. The second kappa shape index (κ2) is 5.92. The first-order valence-electron chi connectivity index (χ1n) is 7.44. The number of nitrogens with zero attached hydrogens (tertiary/aromatic N) is 3. The number of carbonyl (C=O) groups excluding carboxylic acids is 1. The molecule has 0 N–H and O–H groups in total. The van der Waals surface area contributed by atoms with Crippen LogP contribution in [0.4, 0.5) is 10.5 Å². The number of pyridine rings is 1. The van der Waals surface area contributed by atoms with E-state index in [9.17, 15) is 4.79 Å². The highest BCUT2D eigenvalue weighted by molar-refractivity contribution is 5.69. The molecule has 0 radical (unpaired) electrons. The van der Waals surface area contributed by atoms with Gasteiger partial charge in [0.1, 0.15) is 5.60 Å². The molecule has 1 aliphatic heterocycles. The second-order valence-electron chi connectivity index (χ2n) is 6.69. The van der Waals surface area contributed by atoms with E-state index in [4.69, 9.17) is 4.74 Å². The van der Waals surface area contributed by atoms with Gasteiger partial charge in [-0.3, -0.25) is 4.98 Å². The van der Waals surface area contributed by atoms with Crippen molar-refractivity contribution in [2.45, 2.75) is 52.3 Å². The molecule has 0 spiro atoms. The molecule has 2 atom stereocenters. The predicted molar refractivity (Wildman–Crippen MR) is 83.4 cm³/mol. The zero-order chi connectivity index (χ0) is 15.6. The van der Waals surface area contributed by atoms with Gasteiger partial charge in [-0.25, -0.2) is 4.79 Å². The van der Waals surface area contributed by atoms with Crippen molar-refractivity contribution in [2.75, 3.05) is 18.0 Å². The Balaban J connectivity index is 2.07. The third-order valence-electron chi connectivity index (χ3n) is 3.61. The molecule has 0 aliphatic carbocycles. The molecule has 21 heavy (non-hydrogen) atoms. The van der Waals surface area contributed by atoms with Gasteiger partial charge in [-0.1, -0.05) is 0 Å². The van der Waals surface area contributed by atoms with Gasteiger partial charge in [-0.15, -0.1) is 0 Å². The first kappa shape index (κ1) is 15.6. The highest BCUT2D eigenvalue weighted by Crippen LogP contribution is 2.24. The van der Waals surface area contributed by atoms with E-state index in [0.29, 0.717) is 6.54 Å². The monoisotopic (exact) mass is 291 g/mol. The average molecular weight is 291 g/mol. The molecular weight excluding hydrogens is 266 g/mol. The average Bonchev–Trinajstić information content (AvgIpc) is 2.40. The Bertz CT molecular complexity index is 484. The van der Waals surface area contributed by atoms with E-state index in [2.05, 4.69) is 23.7 Å². The molecule has 0 aromatic carbocycles. The van der Waals surface area contributed by atoms with Crippen molar-refractivity contribution in [1.82, 2.24) is 9.88 Å². The minimum atomic E-state index is -0.456. The molecule has 0 unspecified atom stereocenters. The molecule has 1 amide bonds. The summed E-state index contributed by atoms with van der Waals surface area (Å²) in [7, 11) is 0. The maximum absolute atomic E-state index is 12.3. The van der Waals surface area contributed by atoms with Gasteiger partial charge in [0.2, 0.25) is 0 Å². The van der Waals surface area contributed by atoms with Crippen LogP contribution < -0.4 is 4.90 Å². The Morgan fingerprint density at radius 1 is 1.19 bits per heavy atom. The second-order valence-corrected chi connectivity index (χ2v) is 6.69. The van der Waals surface area contributed by atoms with Crippen molar-refractivity contribution in [3.05, 3.63) is 24.5 Å². The standard InChI is InChI=1S/C16H25N3O2/c1-12-11-19(15(20)21-16(3,4)5)13(2)10-18(12)14-6-8-17-9-7-14/h6-9,12-13H,10-11H2,1-5H3/t12-,13+/m1/s1. The van der Waals surface area contributed by atoms with Crippen LogP contribution in [0.2, 0.25) is 0 Å². The van der Waals surface area contributed by atoms with E-state index in [1.807, 2.05) is 37.8 Å². The van der Waals surface area contributed by atoms with Crippen molar-refractivity contribution in [3.8, 4) is 0 Å². The third-order valence-corrected chi connectivity index (χ3v) is 3.61. The van der Waals surface area contributed by atoms with Crippen LogP contribution in [-0.4, -0.2) is 46.8 Å². The first-order valence-corrected chi connectivity index (χ1v) is 7.44. The summed E-state index contributed by atoms with van der Waals surface area (Å²) in [5, 5.41) is 0. The maximum atomic E-state index is 12.3. The van der Waals surface area contributed by atoms with Gasteiger partial charge in [0, 0.05) is 43.3 Å². The van der Waals surface area contributed by atoms with Crippen LogP contribution in [0.1, 0.15) is 34.6 Å². The molecule has 1 aromatic heterocycles. The van der Waals surface area contributed by atoms with Crippen molar-refractivity contribution in [2.24, 2.45) is 0 Å². The highest BCUT2D eigenvalue weighted by atomic mass is 16.6. The number of anilines is 1. The highest BCUT2D eigenvalue weighted by Gasteiger charge is 2.34. The lowest BCUT2D eigenvalue weighted by molar-refractivity contribution is 0.0130. The zero-order valence-electron chi connectivity index (χ0n) is 13.5. The largest absolute Gasteiger partial charge is 0.444 e. The van der Waals surface area contributed by atoms with Crippen LogP contribution in [0.3, 0.4) is 0 Å². The van der Waals surface area contributed by atoms with Gasteiger partial charge in [0.25, 0.3) is 0 Å². The summed E-state index contributed by atoms with van der Waals surface area (Å²) in [4.78, 5) is 20.5. The Morgan fingerprint density at radius 3 is 2.38 bits per heavy atom. The minimum Gasteiger partial charge on any atom is -0.444 e. The molecule has 1 saturated heterocycles. The van der Waals surface area contributed by atoms with Gasteiger partial charge in [-0.05, 0) is 46.8 Å². The van der Waals surface area contributed by atoms with Gasteiger partial charge in [0.15, 0.2) is 0 Å². The van der Waals surface area contributed by atoms with Crippen molar-refractivity contribution in [3.63, 3.8) is 0 Å². The Kier molecular flexibility index (Phi) is 4.40. The number of carbonyl (C=O) groups is 1. The van der Waals surface area contributed by atoms with Crippen molar-refractivity contribution >= 4 is 11.8 Å². The Labute approximate surface area is 126 Å². The summed E-state index contributed by atoms with van der Waals surface area (Å²) in [6, 6.07) is 4.37. The van der Waals surface area contributed by atoms with E-state index >= 15 is 0 Å². The summed E-state index contributed by atoms with van der Waals surface area (Å²) >= 11 is 0. The van der Waals surface area contributed by atoms with E-state index in [0.717, 1.165) is 12.2 Å². The van der Waals surface area contributed by atoms with Gasteiger partial charge < -0.3 is 14.5 Å². The number of piperazine rings is 1. The van der Waals surface area contributed by atoms with E-state index < -0.39 is 5.60 Å². The minimum absolute atomic E-state index is 0.115. The SMILES string of the molecule is C[C@@H]1CN(C(=O)OC(C)(C)C)[C@@H](C)CN1c1ccncc1. The van der Waals surface area contributed by atoms with E-state index in [1.54, 1.807) is 12.4 Å². The first-order chi connectivity index (χ1) is 9.78. The molecule has 2 heterocycles. The summed E-state index contributed by atoms with van der Waals surface area (Å²) in [6.45, 7) is 11.3. The van der Waals surface area contributed by atoms with Crippen LogP contribution in [0.25, 0.3) is 0 Å². The fourth-order valence-corrected chi connectivity index (χ4v) is 2.60. The summed E-state index contributed by atoms with van der Waals surface area (Å²) < 4.78 is 5.50. The smallest absolute Gasteiger partial charge is 0.410 e. The quantitative estimate of drug-likeness (QED) is 0.798. The number of ether oxygens (including phenoxy) is 1. The number of hydrogen-bond donors (Lipinski definition) is 0. The number of aromatic nitrogens is 1. The summed E-state index contributed by atoms with van der Waals surface area (Å²) in [6.07, 6.45) is 3.37. The lowest BCUT2D eigenvalue weighted by Gasteiger charge is -2.45. The van der Waals surface area contributed by atoms with E-state index in [1.165, 1.54) is 0 Å². The Hall–Kier alpha value is -1.78. The molecule has 5 heteroatoms. The molecule has 0 saturated carbocycles. The molecule has 116 valence electrons. The molecular formula is C16H25N3O2. The third kappa shape index (κ3) is 3.86. The molecule has 0 bridgehead atoms. The zero-order valence-corrected chi connectivity index (χ0v) is 13.5. The topological polar surface area (TPSA) is 45.7 Å². The van der Waals surface area contributed by atoms with Crippen LogP contribution in [-0.2, 0) is 4.74 Å². The lowest BCUT2D eigenvalue weighted by Crippen LogP contribution is -2.59. The van der Waals surface area contributed by atoms with Crippen molar-refractivity contribution in [1.29, 1.82) is 0 Å². The molecule has 1 aromatic rings. The van der Waals surface area contributed by atoms with Gasteiger partial charge in [0.05, 0.1) is 0 Å². The normalized spacial score (nSPS) is 23.1. The summed E-state index contributed by atoms with van der Waals surface area (Å²) in [5.41, 5.74) is 0.690. The van der Waals surface area contributed by atoms with Gasteiger partial charge >= 0.3 is 6.09 Å².